The average Bonchev–Trinajstić information content (AvgIpc) is 3.62. The summed E-state index contributed by atoms with van der Waals surface area (Å²) in [5, 5.41) is 11.4. The van der Waals surface area contributed by atoms with E-state index in [-0.39, 0.29) is 0 Å². The van der Waals surface area contributed by atoms with Crippen molar-refractivity contribution in [2.75, 3.05) is 0 Å². The van der Waals surface area contributed by atoms with Crippen molar-refractivity contribution in [2.45, 2.75) is 0 Å². The van der Waals surface area contributed by atoms with Gasteiger partial charge >= 0.3 is 0 Å². The third-order valence-corrected chi connectivity index (χ3v) is 10.5. The Bertz CT molecular complexity index is 3240. The molecule has 2 aromatic heterocycles. The maximum absolute atomic E-state index is 6.33. The van der Waals surface area contributed by atoms with Gasteiger partial charge in [0.2, 0.25) is 0 Å². The number of rotatable bonds is 4. The Hall–Kier alpha value is -7.17. The standard InChI is InChI=1S/C49H29N3O/c1-2-14-31(15-3-1)47-50-48(52-49(51-47)42-28-33-17-6-7-18-35(33)39-26-25-30-13-4-9-20-37(30)45(39)42)34-27-32-16-5-8-19-36(32)41(29-34)38-22-12-24-44-46(38)40-21-10-11-23-43(40)53-44/h1-29H. The van der Waals surface area contributed by atoms with E-state index >= 15 is 0 Å². The molecule has 0 amide bonds. The molecule has 0 radical (unpaired) electrons. The van der Waals surface area contributed by atoms with Gasteiger partial charge in [0.25, 0.3) is 0 Å². The van der Waals surface area contributed by atoms with Gasteiger partial charge in [0, 0.05) is 32.8 Å². The fourth-order valence-corrected chi connectivity index (χ4v) is 8.06. The second-order valence-electron chi connectivity index (χ2n) is 13.5. The van der Waals surface area contributed by atoms with Gasteiger partial charge in [-0.15, -0.1) is 0 Å². The van der Waals surface area contributed by atoms with Gasteiger partial charge < -0.3 is 4.42 Å². The number of hydrogen-bond donors (Lipinski definition) is 0. The first kappa shape index (κ1) is 29.5. The van der Waals surface area contributed by atoms with Crippen LogP contribution in [0.1, 0.15) is 0 Å². The van der Waals surface area contributed by atoms with E-state index in [1.165, 1.54) is 21.5 Å². The molecule has 11 rings (SSSR count). The maximum Gasteiger partial charge on any atom is 0.164 e. The van der Waals surface area contributed by atoms with E-state index in [1.807, 2.05) is 36.4 Å². The molecule has 4 nitrogen and oxygen atoms in total. The summed E-state index contributed by atoms with van der Waals surface area (Å²) in [7, 11) is 0. The highest BCUT2D eigenvalue weighted by Gasteiger charge is 2.20. The first-order valence-electron chi connectivity index (χ1n) is 17.9. The van der Waals surface area contributed by atoms with Crippen molar-refractivity contribution < 1.29 is 4.42 Å². The number of hydrogen-bond acceptors (Lipinski definition) is 4. The molecule has 246 valence electrons. The van der Waals surface area contributed by atoms with Crippen LogP contribution in [0.3, 0.4) is 0 Å². The first-order valence-corrected chi connectivity index (χ1v) is 17.9. The zero-order valence-electron chi connectivity index (χ0n) is 28.5. The minimum Gasteiger partial charge on any atom is -0.456 e. The van der Waals surface area contributed by atoms with Crippen molar-refractivity contribution in [1.29, 1.82) is 0 Å². The zero-order valence-corrected chi connectivity index (χ0v) is 28.5. The second kappa shape index (κ2) is 11.7. The Morgan fingerprint density at radius 3 is 1.75 bits per heavy atom. The predicted molar refractivity (Wildman–Crippen MR) is 219 cm³/mol. The topological polar surface area (TPSA) is 51.8 Å². The van der Waals surface area contributed by atoms with Crippen LogP contribution < -0.4 is 0 Å². The molecule has 53 heavy (non-hydrogen) atoms. The normalized spacial score (nSPS) is 11.8. The Morgan fingerprint density at radius 2 is 0.925 bits per heavy atom. The number of nitrogens with zero attached hydrogens (tertiary/aromatic N) is 3. The lowest BCUT2D eigenvalue weighted by Crippen LogP contribution is -2.01. The van der Waals surface area contributed by atoms with Crippen LogP contribution in [0.25, 0.3) is 110 Å². The van der Waals surface area contributed by atoms with Crippen LogP contribution in [0.4, 0.5) is 0 Å². The molecular formula is C49H29N3O. The van der Waals surface area contributed by atoms with E-state index in [1.54, 1.807) is 0 Å². The third-order valence-electron chi connectivity index (χ3n) is 10.5. The molecule has 0 aliphatic heterocycles. The van der Waals surface area contributed by atoms with Crippen molar-refractivity contribution in [3.63, 3.8) is 0 Å². The highest BCUT2D eigenvalue weighted by atomic mass is 16.3. The molecule has 0 aliphatic rings. The van der Waals surface area contributed by atoms with Crippen molar-refractivity contribution in [3.8, 4) is 45.3 Å². The quantitative estimate of drug-likeness (QED) is 0.174. The zero-order chi connectivity index (χ0) is 34.9. The van der Waals surface area contributed by atoms with Gasteiger partial charge in [0.05, 0.1) is 0 Å². The molecule has 0 fully saturated rings. The van der Waals surface area contributed by atoms with Gasteiger partial charge in [0.1, 0.15) is 11.2 Å². The molecule has 2 heterocycles. The summed E-state index contributed by atoms with van der Waals surface area (Å²) in [5.41, 5.74) is 6.77. The van der Waals surface area contributed by atoms with Crippen LogP contribution in [-0.2, 0) is 0 Å². The highest BCUT2D eigenvalue weighted by molar-refractivity contribution is 6.22. The monoisotopic (exact) mass is 675 g/mol. The molecule has 0 N–H and O–H groups in total. The molecule has 4 heteroatoms. The van der Waals surface area contributed by atoms with Crippen LogP contribution in [0.5, 0.6) is 0 Å². The highest BCUT2D eigenvalue weighted by Crippen LogP contribution is 2.42. The van der Waals surface area contributed by atoms with Gasteiger partial charge in [-0.2, -0.15) is 0 Å². The van der Waals surface area contributed by atoms with Crippen molar-refractivity contribution in [3.05, 3.63) is 176 Å². The number of para-hydroxylation sites is 1. The van der Waals surface area contributed by atoms with E-state index in [4.69, 9.17) is 19.4 Å². The Kier molecular flexibility index (Phi) is 6.52. The summed E-state index contributed by atoms with van der Waals surface area (Å²) in [6, 6.07) is 61.6. The van der Waals surface area contributed by atoms with Crippen LogP contribution >= 0.6 is 0 Å². The summed E-state index contributed by atoms with van der Waals surface area (Å²) in [5.74, 6) is 1.88. The van der Waals surface area contributed by atoms with Crippen LogP contribution in [0, 0.1) is 0 Å². The smallest absolute Gasteiger partial charge is 0.164 e. The fourth-order valence-electron chi connectivity index (χ4n) is 8.06. The van der Waals surface area contributed by atoms with E-state index in [0.717, 1.165) is 71.3 Å². The van der Waals surface area contributed by atoms with Crippen molar-refractivity contribution in [1.82, 2.24) is 15.0 Å². The number of furan rings is 1. The number of fused-ring (bicyclic) bond motifs is 9. The van der Waals surface area contributed by atoms with E-state index in [9.17, 15) is 0 Å². The van der Waals surface area contributed by atoms with Crippen molar-refractivity contribution >= 4 is 65.0 Å². The van der Waals surface area contributed by atoms with Crippen LogP contribution in [-0.4, -0.2) is 15.0 Å². The molecule has 0 unspecified atom stereocenters. The molecule has 0 bridgehead atoms. The van der Waals surface area contributed by atoms with E-state index in [0.29, 0.717) is 17.5 Å². The van der Waals surface area contributed by atoms with Gasteiger partial charge in [0.15, 0.2) is 17.5 Å². The van der Waals surface area contributed by atoms with Gasteiger partial charge in [-0.05, 0) is 79.2 Å². The minimum absolute atomic E-state index is 0.617. The molecule has 0 aliphatic carbocycles. The van der Waals surface area contributed by atoms with E-state index in [2.05, 4.69) is 140 Å². The lowest BCUT2D eigenvalue weighted by Gasteiger charge is -2.15. The Balaban J connectivity index is 1.22. The first-order chi connectivity index (χ1) is 26.3. The molecule has 0 saturated heterocycles. The molecule has 11 aromatic rings. The van der Waals surface area contributed by atoms with Crippen LogP contribution in [0.2, 0.25) is 0 Å². The Labute approximate surface area is 304 Å². The van der Waals surface area contributed by atoms with E-state index < -0.39 is 0 Å². The maximum atomic E-state index is 6.33. The molecule has 0 saturated carbocycles. The average molecular weight is 676 g/mol. The lowest BCUT2D eigenvalue weighted by atomic mass is 9.92. The fraction of sp³-hybridized carbons (Fsp3) is 0. The summed E-state index contributed by atoms with van der Waals surface area (Å²) < 4.78 is 6.33. The predicted octanol–water partition coefficient (Wildman–Crippen LogP) is 13.1. The largest absolute Gasteiger partial charge is 0.456 e. The minimum atomic E-state index is 0.617. The van der Waals surface area contributed by atoms with Crippen LogP contribution in [0.15, 0.2) is 180 Å². The van der Waals surface area contributed by atoms with Gasteiger partial charge in [-0.1, -0.05) is 146 Å². The van der Waals surface area contributed by atoms with Gasteiger partial charge in [-0.3, -0.25) is 0 Å². The number of aromatic nitrogens is 3. The summed E-state index contributed by atoms with van der Waals surface area (Å²) in [4.78, 5) is 15.8. The molecule has 9 aromatic carbocycles. The van der Waals surface area contributed by atoms with Crippen molar-refractivity contribution in [2.24, 2.45) is 0 Å². The lowest BCUT2D eigenvalue weighted by molar-refractivity contribution is 0.669. The number of benzene rings is 9. The van der Waals surface area contributed by atoms with Gasteiger partial charge in [-0.25, -0.2) is 15.0 Å². The molecular weight excluding hydrogens is 647 g/mol. The summed E-state index contributed by atoms with van der Waals surface area (Å²) in [6.07, 6.45) is 0. The molecule has 0 atom stereocenters. The Morgan fingerprint density at radius 1 is 0.302 bits per heavy atom. The SMILES string of the molecule is c1ccc(-c2nc(-c3cc(-c4cccc5oc6ccccc6c45)c4ccccc4c3)nc(-c3cc4ccccc4c4ccc5ccccc5c34)n2)cc1. The summed E-state index contributed by atoms with van der Waals surface area (Å²) in [6.45, 7) is 0. The third kappa shape index (κ3) is 4.73. The summed E-state index contributed by atoms with van der Waals surface area (Å²) >= 11 is 0. The second-order valence-corrected chi connectivity index (χ2v) is 13.5. The molecule has 0 spiro atoms.